The van der Waals surface area contributed by atoms with E-state index in [-0.39, 0.29) is 5.92 Å². The first-order valence-corrected chi connectivity index (χ1v) is 9.89. The van der Waals surface area contributed by atoms with E-state index < -0.39 is 0 Å². The van der Waals surface area contributed by atoms with Crippen molar-refractivity contribution in [2.24, 2.45) is 0 Å². The van der Waals surface area contributed by atoms with Crippen molar-refractivity contribution in [3.8, 4) is 0 Å². The summed E-state index contributed by atoms with van der Waals surface area (Å²) in [7, 11) is 0. The molecule has 2 aromatic heterocycles. The third-order valence-electron chi connectivity index (χ3n) is 5.04. The number of rotatable bonds is 4. The summed E-state index contributed by atoms with van der Waals surface area (Å²) in [4.78, 5) is 4.97. The number of fused-ring (bicyclic) bond motifs is 1. The maximum absolute atomic E-state index is 4.97. The number of para-hydroxylation sites is 1. The molecule has 0 aliphatic heterocycles. The standard InChI is InChI=1S/C23H22BrN3/c1-15-8-7-9-16(2)21(15)26-23-22(17(3)18-10-5-4-6-11-18)25-20-13-12-19(24)14-27(20)23/h4-14,17,26H,1-3H3/t17-/m1/s1. The highest BCUT2D eigenvalue weighted by atomic mass is 79.9. The minimum Gasteiger partial charge on any atom is -0.339 e. The van der Waals surface area contributed by atoms with Gasteiger partial charge in [-0.05, 0) is 58.6 Å². The lowest BCUT2D eigenvalue weighted by atomic mass is 9.97. The van der Waals surface area contributed by atoms with Gasteiger partial charge in [-0.15, -0.1) is 0 Å². The van der Waals surface area contributed by atoms with Gasteiger partial charge in [-0.3, -0.25) is 4.40 Å². The number of imidazole rings is 1. The SMILES string of the molecule is Cc1cccc(C)c1Nc1c([C@H](C)c2ccccc2)nc2ccc(Br)cn12. The fraction of sp³-hybridized carbons (Fsp3) is 0.174. The number of hydrogen-bond acceptors (Lipinski definition) is 2. The minimum atomic E-state index is 0.177. The number of halogens is 1. The van der Waals surface area contributed by atoms with Gasteiger partial charge in [0, 0.05) is 22.3 Å². The molecule has 4 rings (SSSR count). The quantitative estimate of drug-likeness (QED) is 0.403. The molecule has 27 heavy (non-hydrogen) atoms. The molecule has 2 aromatic carbocycles. The molecule has 0 aliphatic carbocycles. The zero-order chi connectivity index (χ0) is 19.0. The number of aryl methyl sites for hydroxylation is 2. The lowest BCUT2D eigenvalue weighted by Crippen LogP contribution is -2.05. The fourth-order valence-electron chi connectivity index (χ4n) is 3.49. The smallest absolute Gasteiger partial charge is 0.139 e. The average molecular weight is 420 g/mol. The van der Waals surface area contributed by atoms with Crippen LogP contribution in [-0.4, -0.2) is 9.38 Å². The van der Waals surface area contributed by atoms with Gasteiger partial charge >= 0.3 is 0 Å². The highest BCUT2D eigenvalue weighted by molar-refractivity contribution is 9.10. The van der Waals surface area contributed by atoms with Crippen LogP contribution in [0.4, 0.5) is 11.5 Å². The van der Waals surface area contributed by atoms with Crippen molar-refractivity contribution in [1.29, 1.82) is 0 Å². The predicted octanol–water partition coefficient (Wildman–Crippen LogP) is 6.61. The third kappa shape index (κ3) is 3.37. The van der Waals surface area contributed by atoms with Crippen molar-refractivity contribution in [1.82, 2.24) is 9.38 Å². The van der Waals surface area contributed by atoms with E-state index in [1.54, 1.807) is 0 Å². The van der Waals surface area contributed by atoms with Gasteiger partial charge in [-0.1, -0.05) is 55.5 Å². The van der Waals surface area contributed by atoms with Crippen molar-refractivity contribution >= 4 is 33.1 Å². The summed E-state index contributed by atoms with van der Waals surface area (Å²) in [6, 6.07) is 21.0. The molecule has 0 fully saturated rings. The molecule has 0 unspecified atom stereocenters. The van der Waals surface area contributed by atoms with Crippen molar-refractivity contribution in [2.45, 2.75) is 26.7 Å². The Hall–Kier alpha value is -2.59. The van der Waals surface area contributed by atoms with Crippen molar-refractivity contribution in [3.63, 3.8) is 0 Å². The van der Waals surface area contributed by atoms with E-state index in [2.05, 4.69) is 95.1 Å². The van der Waals surface area contributed by atoms with Crippen LogP contribution in [0.2, 0.25) is 0 Å². The molecule has 0 radical (unpaired) electrons. The van der Waals surface area contributed by atoms with E-state index in [0.717, 1.165) is 27.3 Å². The van der Waals surface area contributed by atoms with Gasteiger partial charge in [0.2, 0.25) is 0 Å². The first-order chi connectivity index (χ1) is 13.0. The first-order valence-electron chi connectivity index (χ1n) is 9.10. The largest absolute Gasteiger partial charge is 0.339 e. The Morgan fingerprint density at radius 3 is 2.33 bits per heavy atom. The van der Waals surface area contributed by atoms with Crippen LogP contribution in [0.5, 0.6) is 0 Å². The Balaban J connectivity index is 1.90. The summed E-state index contributed by atoms with van der Waals surface area (Å²) in [6.07, 6.45) is 2.07. The summed E-state index contributed by atoms with van der Waals surface area (Å²) >= 11 is 3.60. The fourth-order valence-corrected chi connectivity index (χ4v) is 3.83. The topological polar surface area (TPSA) is 29.3 Å². The highest BCUT2D eigenvalue weighted by Crippen LogP contribution is 2.34. The third-order valence-corrected chi connectivity index (χ3v) is 5.51. The Bertz CT molecular complexity index is 1080. The lowest BCUT2D eigenvalue weighted by molar-refractivity contribution is 0.888. The zero-order valence-corrected chi connectivity index (χ0v) is 17.3. The van der Waals surface area contributed by atoms with Crippen LogP contribution in [0.3, 0.4) is 0 Å². The molecule has 0 saturated heterocycles. The van der Waals surface area contributed by atoms with Crippen LogP contribution < -0.4 is 5.32 Å². The van der Waals surface area contributed by atoms with Crippen LogP contribution in [0.15, 0.2) is 71.3 Å². The molecule has 4 aromatic rings. The molecule has 136 valence electrons. The maximum atomic E-state index is 4.97. The normalized spacial score (nSPS) is 12.3. The molecule has 2 heterocycles. The lowest BCUT2D eigenvalue weighted by Gasteiger charge is -2.17. The molecule has 3 nitrogen and oxygen atoms in total. The highest BCUT2D eigenvalue weighted by Gasteiger charge is 2.20. The molecule has 0 spiro atoms. The van der Waals surface area contributed by atoms with E-state index in [4.69, 9.17) is 4.98 Å². The second kappa shape index (κ2) is 7.20. The molecule has 0 bridgehead atoms. The van der Waals surface area contributed by atoms with Gasteiger partial charge in [-0.25, -0.2) is 4.98 Å². The second-order valence-electron chi connectivity index (χ2n) is 6.95. The van der Waals surface area contributed by atoms with Crippen LogP contribution in [0.25, 0.3) is 5.65 Å². The number of aromatic nitrogens is 2. The van der Waals surface area contributed by atoms with Crippen LogP contribution >= 0.6 is 15.9 Å². The molecular weight excluding hydrogens is 398 g/mol. The van der Waals surface area contributed by atoms with Gasteiger partial charge in [0.1, 0.15) is 11.5 Å². The number of nitrogens with one attached hydrogen (secondary N) is 1. The number of benzene rings is 2. The summed E-state index contributed by atoms with van der Waals surface area (Å²) in [5.41, 5.74) is 6.81. The molecular formula is C23H22BrN3. The first kappa shape index (κ1) is 17.8. The van der Waals surface area contributed by atoms with Gasteiger partial charge in [-0.2, -0.15) is 0 Å². The van der Waals surface area contributed by atoms with Crippen LogP contribution in [0, 0.1) is 13.8 Å². The molecule has 4 heteroatoms. The zero-order valence-electron chi connectivity index (χ0n) is 15.7. The van der Waals surface area contributed by atoms with Gasteiger partial charge in [0.15, 0.2) is 0 Å². The Morgan fingerprint density at radius 2 is 1.63 bits per heavy atom. The van der Waals surface area contributed by atoms with E-state index in [0.29, 0.717) is 0 Å². The number of anilines is 2. The predicted molar refractivity (Wildman–Crippen MR) is 116 cm³/mol. The van der Waals surface area contributed by atoms with Gasteiger partial charge < -0.3 is 5.32 Å². The van der Waals surface area contributed by atoms with Crippen molar-refractivity contribution in [3.05, 3.63) is 93.7 Å². The Kier molecular flexibility index (Phi) is 4.75. The summed E-state index contributed by atoms with van der Waals surface area (Å²) < 4.78 is 3.15. The summed E-state index contributed by atoms with van der Waals surface area (Å²) in [6.45, 7) is 6.48. The molecule has 1 N–H and O–H groups in total. The van der Waals surface area contributed by atoms with Crippen molar-refractivity contribution in [2.75, 3.05) is 5.32 Å². The maximum Gasteiger partial charge on any atom is 0.139 e. The minimum absolute atomic E-state index is 0.177. The van der Waals surface area contributed by atoms with Gasteiger partial charge in [0.05, 0.1) is 5.69 Å². The van der Waals surface area contributed by atoms with Crippen LogP contribution in [0.1, 0.15) is 35.2 Å². The van der Waals surface area contributed by atoms with Crippen LogP contribution in [-0.2, 0) is 0 Å². The number of pyridine rings is 1. The van der Waals surface area contributed by atoms with Gasteiger partial charge in [0.25, 0.3) is 0 Å². The summed E-state index contributed by atoms with van der Waals surface area (Å²) in [5, 5.41) is 3.69. The van der Waals surface area contributed by atoms with E-state index in [1.807, 2.05) is 18.2 Å². The number of hydrogen-bond donors (Lipinski definition) is 1. The second-order valence-corrected chi connectivity index (χ2v) is 7.86. The Labute approximate surface area is 168 Å². The molecule has 0 saturated carbocycles. The van der Waals surface area contributed by atoms with E-state index >= 15 is 0 Å². The Morgan fingerprint density at radius 1 is 0.926 bits per heavy atom. The molecule has 0 aliphatic rings. The average Bonchev–Trinajstić information content (AvgIpc) is 3.02. The van der Waals surface area contributed by atoms with E-state index in [1.165, 1.54) is 16.7 Å². The molecule has 1 atom stereocenters. The number of nitrogens with zero attached hydrogens (tertiary/aromatic N) is 2. The molecule has 0 amide bonds. The monoisotopic (exact) mass is 419 g/mol. The van der Waals surface area contributed by atoms with Crippen molar-refractivity contribution < 1.29 is 0 Å². The van der Waals surface area contributed by atoms with E-state index in [9.17, 15) is 0 Å². The summed E-state index contributed by atoms with van der Waals surface area (Å²) in [5.74, 6) is 1.19.